The van der Waals surface area contributed by atoms with Crippen LogP contribution < -0.4 is 10.6 Å². The molecule has 0 saturated heterocycles. The maximum absolute atomic E-state index is 11.0. The smallest absolute Gasteiger partial charge is 0.191 e. The number of nitrogens with one attached hydrogen (secondary N) is 3. The van der Waals surface area contributed by atoms with Gasteiger partial charge in [-0.15, -0.1) is 24.0 Å². The lowest BCUT2D eigenvalue weighted by Crippen LogP contribution is -2.45. The highest BCUT2D eigenvalue weighted by Crippen LogP contribution is 2.36. The van der Waals surface area contributed by atoms with E-state index in [4.69, 9.17) is 0 Å². The number of halogens is 1. The second-order valence-electron chi connectivity index (χ2n) is 7.15. The first kappa shape index (κ1) is 20.7. The number of aromatic nitrogens is 1. The van der Waals surface area contributed by atoms with Crippen molar-refractivity contribution in [3.8, 4) is 0 Å². The van der Waals surface area contributed by atoms with E-state index in [0.29, 0.717) is 12.5 Å². The molecule has 5 nitrogen and oxygen atoms in total. The van der Waals surface area contributed by atoms with Crippen molar-refractivity contribution in [2.45, 2.75) is 24.9 Å². The zero-order valence-corrected chi connectivity index (χ0v) is 18.4. The number of aryl methyl sites for hydroxylation is 1. The molecule has 1 heterocycles. The van der Waals surface area contributed by atoms with Crippen LogP contribution in [0.1, 0.15) is 23.1 Å². The van der Waals surface area contributed by atoms with Crippen LogP contribution in [0.4, 0.5) is 0 Å². The van der Waals surface area contributed by atoms with Crippen LogP contribution in [0.25, 0.3) is 10.9 Å². The summed E-state index contributed by atoms with van der Waals surface area (Å²) in [5, 5.41) is 18.9. The van der Waals surface area contributed by atoms with Gasteiger partial charge in [0.1, 0.15) is 5.60 Å². The number of nitrogens with zero attached hydrogens (tertiary/aromatic N) is 1. The second-order valence-corrected chi connectivity index (χ2v) is 7.15. The van der Waals surface area contributed by atoms with Gasteiger partial charge in [0.25, 0.3) is 0 Å². The maximum Gasteiger partial charge on any atom is 0.191 e. The van der Waals surface area contributed by atoms with Crippen LogP contribution in [-0.4, -0.2) is 36.2 Å². The van der Waals surface area contributed by atoms with E-state index >= 15 is 0 Å². The molecule has 148 valence electrons. The van der Waals surface area contributed by atoms with Crippen molar-refractivity contribution >= 4 is 40.8 Å². The van der Waals surface area contributed by atoms with E-state index in [1.165, 1.54) is 16.5 Å². The molecule has 0 fully saturated rings. The number of fused-ring (bicyclic) bond motifs is 2. The summed E-state index contributed by atoms with van der Waals surface area (Å²) in [7, 11) is 1.76. The van der Waals surface area contributed by atoms with Crippen molar-refractivity contribution in [1.29, 1.82) is 0 Å². The molecule has 0 aliphatic heterocycles. The number of hydrogen-bond acceptors (Lipinski definition) is 2. The lowest BCUT2D eigenvalue weighted by atomic mass is 9.96. The standard InChI is InChI=1S/C22H26N4O.HI/c1-23-21(24-13-11-17-14-25-20-9-5-3-7-18(17)20)26-15-22(27)12-10-16-6-2-4-8-19(16)22;/h2-9,14,25,27H,10-13,15H2,1H3,(H2,23,24,26);1H. The molecule has 3 aromatic rings. The Kier molecular flexibility index (Phi) is 6.61. The molecule has 4 rings (SSSR count). The molecule has 1 aliphatic rings. The summed E-state index contributed by atoms with van der Waals surface area (Å²) in [5.74, 6) is 0.715. The molecule has 0 radical (unpaired) electrons. The lowest BCUT2D eigenvalue weighted by molar-refractivity contribution is 0.0432. The van der Waals surface area contributed by atoms with E-state index in [9.17, 15) is 5.11 Å². The molecule has 0 bridgehead atoms. The number of aliphatic hydroxyl groups is 1. The third-order valence-corrected chi connectivity index (χ3v) is 5.46. The van der Waals surface area contributed by atoms with Crippen LogP contribution in [0.5, 0.6) is 0 Å². The molecule has 0 spiro atoms. The number of para-hydroxylation sites is 1. The Morgan fingerprint density at radius 3 is 2.79 bits per heavy atom. The lowest BCUT2D eigenvalue weighted by Gasteiger charge is -2.25. The number of rotatable bonds is 5. The van der Waals surface area contributed by atoms with Crippen LogP contribution in [0, 0.1) is 0 Å². The van der Waals surface area contributed by atoms with Crippen molar-refractivity contribution < 1.29 is 5.11 Å². The first-order valence-electron chi connectivity index (χ1n) is 9.50. The summed E-state index contributed by atoms with van der Waals surface area (Å²) in [5.41, 5.74) is 3.90. The average Bonchev–Trinajstić information content (AvgIpc) is 3.27. The molecule has 1 aliphatic carbocycles. The zero-order valence-electron chi connectivity index (χ0n) is 16.0. The first-order chi connectivity index (χ1) is 13.2. The average molecular weight is 490 g/mol. The van der Waals surface area contributed by atoms with Gasteiger partial charge in [0, 0.05) is 30.7 Å². The predicted molar refractivity (Wildman–Crippen MR) is 125 cm³/mol. The number of aliphatic imine (C=N–C) groups is 1. The minimum atomic E-state index is -0.828. The van der Waals surface area contributed by atoms with Crippen molar-refractivity contribution in [2.75, 3.05) is 20.1 Å². The molecular formula is C22H27IN4O. The zero-order chi connectivity index (χ0) is 18.7. The number of hydrogen-bond donors (Lipinski definition) is 4. The van der Waals surface area contributed by atoms with Gasteiger partial charge in [-0.2, -0.15) is 0 Å². The Labute approximate surface area is 182 Å². The largest absolute Gasteiger partial charge is 0.383 e. The molecule has 0 amide bonds. The summed E-state index contributed by atoms with van der Waals surface area (Å²) in [6, 6.07) is 16.5. The van der Waals surface area contributed by atoms with Gasteiger partial charge in [-0.25, -0.2) is 0 Å². The van der Waals surface area contributed by atoms with Crippen LogP contribution in [0.2, 0.25) is 0 Å². The van der Waals surface area contributed by atoms with E-state index in [1.54, 1.807) is 7.05 Å². The molecule has 4 N–H and O–H groups in total. The molecule has 1 atom stereocenters. The van der Waals surface area contributed by atoms with Crippen molar-refractivity contribution in [2.24, 2.45) is 4.99 Å². The highest BCUT2D eigenvalue weighted by atomic mass is 127. The molecule has 2 aromatic carbocycles. The number of benzene rings is 2. The molecular weight excluding hydrogens is 463 g/mol. The SMILES string of the molecule is CN=C(NCCc1c[nH]c2ccccc12)NCC1(O)CCc2ccccc21.I. The van der Waals surface area contributed by atoms with Gasteiger partial charge in [0.15, 0.2) is 5.96 Å². The third kappa shape index (κ3) is 4.17. The number of guanidine groups is 1. The van der Waals surface area contributed by atoms with Crippen LogP contribution in [0.3, 0.4) is 0 Å². The van der Waals surface area contributed by atoms with Crippen LogP contribution in [0.15, 0.2) is 59.7 Å². The van der Waals surface area contributed by atoms with Crippen LogP contribution in [-0.2, 0) is 18.4 Å². The maximum atomic E-state index is 11.0. The normalized spacial score (nSPS) is 18.6. The first-order valence-corrected chi connectivity index (χ1v) is 9.50. The van der Waals surface area contributed by atoms with Gasteiger partial charge >= 0.3 is 0 Å². The Morgan fingerprint density at radius 2 is 1.93 bits per heavy atom. The summed E-state index contributed by atoms with van der Waals surface area (Å²) in [6.45, 7) is 1.23. The summed E-state index contributed by atoms with van der Waals surface area (Å²) in [6.07, 6.45) is 4.63. The molecule has 1 unspecified atom stereocenters. The fraction of sp³-hybridized carbons (Fsp3) is 0.318. The topological polar surface area (TPSA) is 72.4 Å². The Bertz CT molecular complexity index is 968. The van der Waals surface area contributed by atoms with E-state index in [0.717, 1.165) is 36.9 Å². The van der Waals surface area contributed by atoms with Gasteiger partial charge in [0.2, 0.25) is 0 Å². The number of aromatic amines is 1. The Hall–Kier alpha value is -2.06. The van der Waals surface area contributed by atoms with E-state index in [2.05, 4.69) is 51.1 Å². The van der Waals surface area contributed by atoms with Gasteiger partial charge in [-0.3, -0.25) is 4.99 Å². The third-order valence-electron chi connectivity index (χ3n) is 5.46. The molecule has 1 aromatic heterocycles. The van der Waals surface area contributed by atoms with Gasteiger partial charge in [-0.05, 0) is 42.0 Å². The quantitative estimate of drug-likeness (QED) is 0.252. The monoisotopic (exact) mass is 490 g/mol. The minimum Gasteiger partial charge on any atom is -0.383 e. The highest BCUT2D eigenvalue weighted by Gasteiger charge is 2.36. The van der Waals surface area contributed by atoms with Crippen molar-refractivity contribution in [1.82, 2.24) is 15.6 Å². The van der Waals surface area contributed by atoms with E-state index < -0.39 is 5.60 Å². The Morgan fingerprint density at radius 1 is 1.14 bits per heavy atom. The molecule has 0 saturated carbocycles. The highest BCUT2D eigenvalue weighted by molar-refractivity contribution is 14.0. The Balaban J connectivity index is 0.00000225. The summed E-state index contributed by atoms with van der Waals surface area (Å²) in [4.78, 5) is 7.60. The molecule has 28 heavy (non-hydrogen) atoms. The van der Waals surface area contributed by atoms with E-state index in [1.807, 2.05) is 24.3 Å². The minimum absolute atomic E-state index is 0. The summed E-state index contributed by atoms with van der Waals surface area (Å²) < 4.78 is 0. The fourth-order valence-electron chi connectivity index (χ4n) is 3.96. The van der Waals surface area contributed by atoms with Gasteiger partial charge in [0.05, 0.1) is 6.54 Å². The van der Waals surface area contributed by atoms with Crippen molar-refractivity contribution in [3.63, 3.8) is 0 Å². The predicted octanol–water partition coefficient (Wildman–Crippen LogP) is 3.33. The van der Waals surface area contributed by atoms with Crippen LogP contribution >= 0.6 is 24.0 Å². The fourth-order valence-corrected chi connectivity index (χ4v) is 3.96. The van der Waals surface area contributed by atoms with Gasteiger partial charge < -0.3 is 20.7 Å². The van der Waals surface area contributed by atoms with E-state index in [-0.39, 0.29) is 24.0 Å². The number of H-pyrrole nitrogens is 1. The van der Waals surface area contributed by atoms with Gasteiger partial charge in [-0.1, -0.05) is 42.5 Å². The summed E-state index contributed by atoms with van der Waals surface area (Å²) >= 11 is 0. The van der Waals surface area contributed by atoms with Crippen molar-refractivity contribution in [3.05, 3.63) is 71.4 Å². The molecule has 6 heteroatoms. The second kappa shape index (κ2) is 8.96.